The average molecular weight is 282 g/mol. The third-order valence-electron chi connectivity index (χ3n) is 5.31. The summed E-state index contributed by atoms with van der Waals surface area (Å²) in [4.78, 5) is 3.26. The molecule has 0 aromatic rings. The van der Waals surface area contributed by atoms with Crippen molar-refractivity contribution >= 4 is 17.2 Å². The Morgan fingerprint density at radius 3 is 2.47 bits per heavy atom. The van der Waals surface area contributed by atoms with Gasteiger partial charge in [-0.3, -0.25) is 0 Å². The summed E-state index contributed by atoms with van der Waals surface area (Å²) in [5, 5.41) is 0. The molecule has 2 aliphatic heterocycles. The molecule has 1 aliphatic carbocycles. The number of hydrogen-bond acceptors (Lipinski definition) is 3. The van der Waals surface area contributed by atoms with Crippen molar-refractivity contribution in [2.24, 2.45) is 11.7 Å². The summed E-state index contributed by atoms with van der Waals surface area (Å²) in [6.45, 7) is 3.38. The average Bonchev–Trinajstić information content (AvgIpc) is 3.01. The molecule has 2 heterocycles. The second kappa shape index (κ2) is 5.66. The molecule has 108 valence electrons. The molecule has 3 fully saturated rings. The molecular weight excluding hydrogens is 256 g/mol. The Labute approximate surface area is 121 Å². The van der Waals surface area contributed by atoms with E-state index in [0.717, 1.165) is 32.5 Å². The van der Waals surface area contributed by atoms with Gasteiger partial charge in [0.1, 0.15) is 0 Å². The van der Waals surface area contributed by atoms with Crippen molar-refractivity contribution in [1.82, 2.24) is 4.90 Å². The first kappa shape index (κ1) is 13.8. The molecule has 1 unspecified atom stereocenters. The highest BCUT2D eigenvalue weighted by Gasteiger charge is 2.42. The van der Waals surface area contributed by atoms with E-state index in [0.29, 0.717) is 17.0 Å². The lowest BCUT2D eigenvalue weighted by molar-refractivity contribution is -0.0491. The number of ether oxygens (including phenoxy) is 1. The van der Waals surface area contributed by atoms with Gasteiger partial charge in [-0.25, -0.2) is 0 Å². The topological polar surface area (TPSA) is 38.5 Å². The van der Waals surface area contributed by atoms with Gasteiger partial charge in [-0.15, -0.1) is 0 Å². The van der Waals surface area contributed by atoms with Crippen LogP contribution in [-0.2, 0) is 4.74 Å². The maximum absolute atomic E-state index is 6.39. The summed E-state index contributed by atoms with van der Waals surface area (Å²) in [6, 6.07) is 0. The lowest BCUT2D eigenvalue weighted by atomic mass is 9.96. The fourth-order valence-corrected chi connectivity index (χ4v) is 4.33. The zero-order valence-corrected chi connectivity index (χ0v) is 12.6. The van der Waals surface area contributed by atoms with E-state index < -0.39 is 0 Å². The van der Waals surface area contributed by atoms with Crippen LogP contribution < -0.4 is 5.73 Å². The van der Waals surface area contributed by atoms with Crippen molar-refractivity contribution in [1.29, 1.82) is 0 Å². The van der Waals surface area contributed by atoms with Crippen LogP contribution in [-0.4, -0.2) is 41.2 Å². The van der Waals surface area contributed by atoms with E-state index in [9.17, 15) is 0 Å². The van der Waals surface area contributed by atoms with Crippen molar-refractivity contribution in [3.8, 4) is 0 Å². The predicted molar refractivity (Wildman–Crippen MR) is 81.3 cm³/mol. The van der Waals surface area contributed by atoms with Gasteiger partial charge in [0.15, 0.2) is 0 Å². The van der Waals surface area contributed by atoms with Crippen LogP contribution in [0, 0.1) is 5.92 Å². The van der Waals surface area contributed by atoms with Crippen molar-refractivity contribution in [3.63, 3.8) is 0 Å². The van der Waals surface area contributed by atoms with Crippen molar-refractivity contribution in [2.75, 3.05) is 19.6 Å². The molecule has 0 aromatic carbocycles. The fraction of sp³-hybridized carbons (Fsp3) is 0.933. The maximum atomic E-state index is 6.39. The van der Waals surface area contributed by atoms with Crippen molar-refractivity contribution in [2.45, 2.75) is 63.1 Å². The van der Waals surface area contributed by atoms with Gasteiger partial charge >= 0.3 is 0 Å². The van der Waals surface area contributed by atoms with E-state index >= 15 is 0 Å². The molecule has 0 aromatic heterocycles. The van der Waals surface area contributed by atoms with Gasteiger partial charge in [-0.05, 0) is 51.6 Å². The molecule has 4 heteroatoms. The maximum Gasteiger partial charge on any atom is 0.0759 e. The first-order valence-electron chi connectivity index (χ1n) is 7.86. The van der Waals surface area contributed by atoms with E-state index in [4.69, 9.17) is 22.7 Å². The van der Waals surface area contributed by atoms with Crippen LogP contribution in [0.4, 0.5) is 0 Å². The quantitative estimate of drug-likeness (QED) is 0.807. The van der Waals surface area contributed by atoms with Crippen LogP contribution in [0.1, 0.15) is 51.4 Å². The molecular formula is C15H26N2OS. The molecule has 0 bridgehead atoms. The van der Waals surface area contributed by atoms with Crippen molar-refractivity contribution < 1.29 is 4.74 Å². The highest BCUT2D eigenvalue weighted by atomic mass is 32.1. The standard InChI is InChI=1S/C15H26N2OS/c16-14(19)12-4-9-17(10-5-12)11-13-3-8-15(18-13)6-1-2-7-15/h12-13H,1-11H2,(H2,16,19). The molecule has 1 spiro atoms. The minimum atomic E-state index is 0.280. The van der Waals surface area contributed by atoms with Gasteiger partial charge in [-0.2, -0.15) is 0 Å². The minimum absolute atomic E-state index is 0.280. The molecule has 3 aliphatic rings. The zero-order chi connectivity index (χ0) is 13.3. The molecule has 19 heavy (non-hydrogen) atoms. The highest BCUT2D eigenvalue weighted by molar-refractivity contribution is 7.80. The molecule has 0 amide bonds. The highest BCUT2D eigenvalue weighted by Crippen LogP contribution is 2.43. The van der Waals surface area contributed by atoms with Gasteiger partial charge in [0.05, 0.1) is 16.7 Å². The molecule has 2 N–H and O–H groups in total. The Bertz CT molecular complexity index is 333. The molecule has 1 atom stereocenters. The number of piperidine rings is 1. The summed E-state index contributed by atoms with van der Waals surface area (Å²) in [5.41, 5.74) is 6.02. The van der Waals surface area contributed by atoms with Crippen LogP contribution in [0.15, 0.2) is 0 Å². The van der Waals surface area contributed by atoms with Crippen LogP contribution in [0.25, 0.3) is 0 Å². The summed E-state index contributed by atoms with van der Waals surface area (Å²) in [5.74, 6) is 0.469. The number of nitrogens with zero attached hydrogens (tertiary/aromatic N) is 1. The lowest BCUT2D eigenvalue weighted by Gasteiger charge is -2.33. The number of likely N-dealkylation sites (tertiary alicyclic amines) is 1. The van der Waals surface area contributed by atoms with Crippen molar-refractivity contribution in [3.05, 3.63) is 0 Å². The predicted octanol–water partition coefficient (Wildman–Crippen LogP) is 2.48. The number of thiocarbonyl (C=S) groups is 1. The zero-order valence-electron chi connectivity index (χ0n) is 11.8. The second-order valence-electron chi connectivity index (χ2n) is 6.65. The van der Waals surface area contributed by atoms with Crippen LogP contribution in [0.3, 0.4) is 0 Å². The van der Waals surface area contributed by atoms with Gasteiger partial charge < -0.3 is 15.4 Å². The van der Waals surface area contributed by atoms with Crippen LogP contribution in [0.5, 0.6) is 0 Å². The first-order chi connectivity index (χ1) is 9.17. The van der Waals surface area contributed by atoms with E-state index in [1.165, 1.54) is 38.5 Å². The number of rotatable bonds is 3. The summed E-state index contributed by atoms with van der Waals surface area (Å²) >= 11 is 5.10. The second-order valence-corrected chi connectivity index (χ2v) is 7.12. The SMILES string of the molecule is NC(=S)C1CCN(CC2CCC3(CCCC3)O2)CC1. The third kappa shape index (κ3) is 3.11. The Morgan fingerprint density at radius 2 is 1.84 bits per heavy atom. The molecule has 3 nitrogen and oxygen atoms in total. The van der Waals surface area contributed by atoms with E-state index in [1.54, 1.807) is 0 Å². The molecule has 2 saturated heterocycles. The first-order valence-corrected chi connectivity index (χ1v) is 8.27. The Kier molecular flexibility index (Phi) is 4.11. The minimum Gasteiger partial charge on any atom is -0.393 e. The van der Waals surface area contributed by atoms with Gasteiger partial charge in [0, 0.05) is 12.5 Å². The summed E-state index contributed by atoms with van der Waals surface area (Å²) in [7, 11) is 0. The smallest absolute Gasteiger partial charge is 0.0759 e. The van der Waals surface area contributed by atoms with E-state index in [-0.39, 0.29) is 5.60 Å². The molecule has 1 saturated carbocycles. The largest absolute Gasteiger partial charge is 0.393 e. The normalized spacial score (nSPS) is 32.1. The lowest BCUT2D eigenvalue weighted by Crippen LogP contribution is -2.42. The fourth-order valence-electron chi connectivity index (χ4n) is 4.10. The molecule has 0 radical (unpaired) electrons. The number of hydrogen-bond donors (Lipinski definition) is 1. The van der Waals surface area contributed by atoms with Crippen LogP contribution >= 0.6 is 12.2 Å². The van der Waals surface area contributed by atoms with Crippen LogP contribution in [0.2, 0.25) is 0 Å². The Balaban J connectivity index is 1.44. The number of nitrogens with two attached hydrogens (primary N) is 1. The monoisotopic (exact) mass is 282 g/mol. The third-order valence-corrected chi connectivity index (χ3v) is 5.64. The van der Waals surface area contributed by atoms with Gasteiger partial charge in [0.25, 0.3) is 0 Å². The van der Waals surface area contributed by atoms with Gasteiger partial charge in [0.2, 0.25) is 0 Å². The Morgan fingerprint density at radius 1 is 1.16 bits per heavy atom. The Hall–Kier alpha value is -0.190. The van der Waals surface area contributed by atoms with Gasteiger partial charge in [-0.1, -0.05) is 25.1 Å². The molecule has 3 rings (SSSR count). The summed E-state index contributed by atoms with van der Waals surface area (Å²) in [6.07, 6.45) is 10.6. The van der Waals surface area contributed by atoms with E-state index in [1.807, 2.05) is 0 Å². The summed E-state index contributed by atoms with van der Waals surface area (Å²) < 4.78 is 6.39. The van der Waals surface area contributed by atoms with E-state index in [2.05, 4.69) is 4.90 Å².